The first-order valence-electron chi connectivity index (χ1n) is 18.4. The van der Waals surface area contributed by atoms with Gasteiger partial charge in [0.25, 0.3) is 0 Å². The number of hydrogen-bond donors (Lipinski definition) is 5. The van der Waals surface area contributed by atoms with E-state index >= 15 is 0 Å². The molecule has 0 saturated heterocycles. The maximum atomic E-state index is 12.4. The Hall–Kier alpha value is -1.47. The monoisotopic (exact) mass is 622 g/mol. The zero-order valence-corrected chi connectivity index (χ0v) is 28.6. The molecule has 1 amide bonds. The maximum Gasteiger partial charge on any atom is 0.249 e. The lowest BCUT2D eigenvalue weighted by molar-refractivity contribution is -0.132. The number of unbranched alkanes of at least 4 members (excludes halogenated alkanes) is 17. The minimum atomic E-state index is -1.29. The summed E-state index contributed by atoms with van der Waals surface area (Å²) in [6, 6.07) is -1.01. The molecule has 5 N–H and O–H groups in total. The summed E-state index contributed by atoms with van der Waals surface area (Å²) >= 11 is 0. The van der Waals surface area contributed by atoms with Gasteiger partial charge in [-0.1, -0.05) is 140 Å². The molecule has 6 nitrogen and oxygen atoms in total. The van der Waals surface area contributed by atoms with Gasteiger partial charge in [0.1, 0.15) is 12.2 Å². The number of carbonyl (C=O) groups is 1. The Morgan fingerprint density at radius 1 is 0.545 bits per heavy atom. The van der Waals surface area contributed by atoms with Crippen LogP contribution >= 0.6 is 0 Å². The summed E-state index contributed by atoms with van der Waals surface area (Å²) in [5.41, 5.74) is 0. The van der Waals surface area contributed by atoms with E-state index in [-0.39, 0.29) is 0 Å². The van der Waals surface area contributed by atoms with E-state index in [9.17, 15) is 25.2 Å². The molecule has 6 heteroatoms. The molecule has 0 saturated carbocycles. The summed E-state index contributed by atoms with van der Waals surface area (Å²) in [6.45, 7) is 3.97. The van der Waals surface area contributed by atoms with E-state index in [0.717, 1.165) is 51.4 Å². The fourth-order valence-electron chi connectivity index (χ4n) is 5.32. The smallest absolute Gasteiger partial charge is 0.249 e. The maximum absolute atomic E-state index is 12.4. The van der Waals surface area contributed by atoms with Gasteiger partial charge in [0, 0.05) is 0 Å². The largest absolute Gasteiger partial charge is 0.394 e. The highest BCUT2D eigenvalue weighted by Gasteiger charge is 2.28. The molecule has 4 atom stereocenters. The Bertz CT molecular complexity index is 707. The van der Waals surface area contributed by atoms with Crippen LogP contribution in [-0.2, 0) is 4.79 Å². The highest BCUT2D eigenvalue weighted by atomic mass is 16.3. The van der Waals surface area contributed by atoms with Crippen LogP contribution in [-0.4, -0.2) is 57.3 Å². The lowest BCUT2D eigenvalue weighted by atomic mass is 10.00. The Labute approximate surface area is 271 Å². The van der Waals surface area contributed by atoms with E-state index in [1.165, 1.54) is 83.5 Å². The molecule has 44 heavy (non-hydrogen) atoms. The average Bonchev–Trinajstić information content (AvgIpc) is 3.03. The van der Waals surface area contributed by atoms with Crippen LogP contribution in [0.15, 0.2) is 36.5 Å². The number of carbonyl (C=O) groups excluding carboxylic acids is 1. The standard InChI is InChI=1S/C38H71NO5/c1-3-5-7-9-11-13-15-16-17-18-19-20-21-22-24-25-27-29-31-35(41)37(43)34(33-40)39-38(44)36(42)32-30-28-26-23-14-12-10-8-6-4-2/h15-16,19-20,24-25,34-37,40-43H,3-14,17-18,21-23,26-33H2,1-2H3,(H,39,44)/b16-15+,20-19+,25-24+. The van der Waals surface area contributed by atoms with Crippen molar-refractivity contribution in [3.8, 4) is 0 Å². The lowest BCUT2D eigenvalue weighted by Crippen LogP contribution is -2.53. The van der Waals surface area contributed by atoms with Crippen molar-refractivity contribution in [3.63, 3.8) is 0 Å². The van der Waals surface area contributed by atoms with Gasteiger partial charge in [0.2, 0.25) is 5.91 Å². The van der Waals surface area contributed by atoms with Crippen molar-refractivity contribution < 1.29 is 25.2 Å². The van der Waals surface area contributed by atoms with Crippen molar-refractivity contribution in [3.05, 3.63) is 36.5 Å². The normalized spacial score (nSPS) is 15.0. The van der Waals surface area contributed by atoms with Crippen LogP contribution in [0.1, 0.15) is 168 Å². The van der Waals surface area contributed by atoms with Crippen molar-refractivity contribution in [2.75, 3.05) is 6.61 Å². The number of aliphatic hydroxyl groups excluding tert-OH is 4. The van der Waals surface area contributed by atoms with Crippen LogP contribution in [0.3, 0.4) is 0 Å². The summed E-state index contributed by atoms with van der Waals surface area (Å²) in [6.07, 6.45) is 36.0. The molecule has 0 bridgehead atoms. The molecule has 0 spiro atoms. The van der Waals surface area contributed by atoms with Crippen LogP contribution in [0.5, 0.6) is 0 Å². The number of amides is 1. The van der Waals surface area contributed by atoms with E-state index in [0.29, 0.717) is 19.3 Å². The molecule has 0 radical (unpaired) electrons. The summed E-state index contributed by atoms with van der Waals surface area (Å²) in [5.74, 6) is -0.604. The van der Waals surface area contributed by atoms with Gasteiger partial charge in [0.15, 0.2) is 0 Å². The minimum Gasteiger partial charge on any atom is -0.394 e. The Morgan fingerprint density at radius 2 is 0.955 bits per heavy atom. The first-order valence-corrected chi connectivity index (χ1v) is 18.4. The molecule has 258 valence electrons. The topological polar surface area (TPSA) is 110 Å². The fraction of sp³-hybridized carbons (Fsp3) is 0.816. The summed E-state index contributed by atoms with van der Waals surface area (Å²) < 4.78 is 0. The molecule has 0 aromatic heterocycles. The Balaban J connectivity index is 3.92. The van der Waals surface area contributed by atoms with Crippen molar-refractivity contribution in [1.29, 1.82) is 0 Å². The van der Waals surface area contributed by atoms with Gasteiger partial charge in [0.05, 0.1) is 18.8 Å². The fourth-order valence-corrected chi connectivity index (χ4v) is 5.32. The number of nitrogens with one attached hydrogen (secondary N) is 1. The quantitative estimate of drug-likeness (QED) is 0.0382. The molecule has 0 aliphatic carbocycles. The zero-order valence-electron chi connectivity index (χ0n) is 28.6. The first kappa shape index (κ1) is 42.5. The molecule has 0 fully saturated rings. The zero-order chi connectivity index (χ0) is 32.5. The van der Waals surface area contributed by atoms with Gasteiger partial charge in [-0.05, 0) is 64.2 Å². The first-order chi connectivity index (χ1) is 21.5. The molecule has 0 aliphatic heterocycles. The van der Waals surface area contributed by atoms with Crippen LogP contribution in [0.2, 0.25) is 0 Å². The van der Waals surface area contributed by atoms with Crippen LogP contribution in [0, 0.1) is 0 Å². The van der Waals surface area contributed by atoms with Crippen molar-refractivity contribution in [1.82, 2.24) is 5.32 Å². The SMILES string of the molecule is CCCCCCC/C=C/CC/C=C/CC/C=C/CCCC(O)C(O)C(CO)NC(=O)C(O)CCCCCCCCCCCC. The third-order valence-electron chi connectivity index (χ3n) is 8.31. The van der Waals surface area contributed by atoms with Gasteiger partial charge >= 0.3 is 0 Å². The summed E-state index contributed by atoms with van der Waals surface area (Å²) in [4.78, 5) is 12.4. The highest BCUT2D eigenvalue weighted by Crippen LogP contribution is 2.13. The van der Waals surface area contributed by atoms with Crippen molar-refractivity contribution in [2.45, 2.75) is 192 Å². The molecule has 0 aromatic carbocycles. The molecule has 0 aliphatic rings. The number of aliphatic hydroxyl groups is 4. The predicted molar refractivity (Wildman–Crippen MR) is 187 cm³/mol. The van der Waals surface area contributed by atoms with Crippen LogP contribution < -0.4 is 5.32 Å². The van der Waals surface area contributed by atoms with Crippen molar-refractivity contribution >= 4 is 5.91 Å². The van der Waals surface area contributed by atoms with E-state index in [1.54, 1.807) is 0 Å². The third kappa shape index (κ3) is 26.9. The summed E-state index contributed by atoms with van der Waals surface area (Å²) in [7, 11) is 0. The predicted octanol–water partition coefficient (Wildman–Crippen LogP) is 8.62. The lowest BCUT2D eigenvalue weighted by Gasteiger charge is -2.27. The Kier molecular flexibility index (Phi) is 31.8. The molecular weight excluding hydrogens is 550 g/mol. The molecule has 0 rings (SSSR count). The van der Waals surface area contributed by atoms with E-state index in [1.807, 2.05) is 0 Å². The second kappa shape index (κ2) is 32.9. The molecule has 0 aromatic rings. The van der Waals surface area contributed by atoms with E-state index in [4.69, 9.17) is 0 Å². The molecular formula is C38H71NO5. The molecule has 0 heterocycles. The highest BCUT2D eigenvalue weighted by molar-refractivity contribution is 5.80. The van der Waals surface area contributed by atoms with Gasteiger partial charge in [-0.3, -0.25) is 4.79 Å². The van der Waals surface area contributed by atoms with E-state index in [2.05, 4.69) is 55.6 Å². The number of allylic oxidation sites excluding steroid dienone is 6. The molecule has 4 unspecified atom stereocenters. The van der Waals surface area contributed by atoms with Crippen molar-refractivity contribution in [2.24, 2.45) is 0 Å². The van der Waals surface area contributed by atoms with Gasteiger partial charge in [-0.25, -0.2) is 0 Å². The summed E-state index contributed by atoms with van der Waals surface area (Å²) in [5, 5.41) is 43.3. The van der Waals surface area contributed by atoms with Gasteiger partial charge < -0.3 is 25.7 Å². The Morgan fingerprint density at radius 3 is 1.43 bits per heavy atom. The minimum absolute atomic E-state index is 0.359. The second-order valence-corrected chi connectivity index (χ2v) is 12.5. The number of rotatable bonds is 32. The van der Waals surface area contributed by atoms with Crippen LogP contribution in [0.25, 0.3) is 0 Å². The number of hydrogen-bond acceptors (Lipinski definition) is 5. The van der Waals surface area contributed by atoms with Gasteiger partial charge in [-0.15, -0.1) is 0 Å². The van der Waals surface area contributed by atoms with Crippen LogP contribution in [0.4, 0.5) is 0 Å². The third-order valence-corrected chi connectivity index (χ3v) is 8.31. The average molecular weight is 622 g/mol. The van der Waals surface area contributed by atoms with Gasteiger partial charge in [-0.2, -0.15) is 0 Å². The second-order valence-electron chi connectivity index (χ2n) is 12.5. The van der Waals surface area contributed by atoms with E-state index < -0.39 is 36.9 Å².